The second-order valence-electron chi connectivity index (χ2n) is 9.40. The molecule has 1 aromatic heterocycles. The molecular weight excluding hydrogens is 499 g/mol. The van der Waals surface area contributed by atoms with Crippen LogP contribution in [-0.4, -0.2) is 72.6 Å². The lowest BCUT2D eigenvalue weighted by atomic mass is 9.97. The van der Waals surface area contributed by atoms with E-state index in [0.717, 1.165) is 63.1 Å². The van der Waals surface area contributed by atoms with E-state index in [0.29, 0.717) is 12.0 Å². The highest BCUT2D eigenvalue weighted by molar-refractivity contribution is 14.0. The van der Waals surface area contributed by atoms with E-state index in [4.69, 9.17) is 4.99 Å². The van der Waals surface area contributed by atoms with Crippen molar-refractivity contribution < 1.29 is 0 Å². The molecule has 2 saturated heterocycles. The Hall–Kier alpha value is -0.930. The van der Waals surface area contributed by atoms with Gasteiger partial charge in [-0.1, -0.05) is 19.9 Å². The summed E-state index contributed by atoms with van der Waals surface area (Å²) in [7, 11) is 0. The Balaban J connectivity index is 0.00000341. The van der Waals surface area contributed by atoms with Gasteiger partial charge in [-0.05, 0) is 63.1 Å². The molecule has 3 rings (SSSR count). The third-order valence-corrected chi connectivity index (χ3v) is 6.12. The molecule has 0 amide bonds. The Bertz CT molecular complexity index is 630. The van der Waals surface area contributed by atoms with E-state index in [2.05, 4.69) is 58.3 Å². The number of hydrogen-bond donors (Lipinski definition) is 2. The second-order valence-corrected chi connectivity index (χ2v) is 9.40. The fraction of sp³-hybridized carbons (Fsp3) is 0.750. The van der Waals surface area contributed by atoms with Crippen LogP contribution in [0, 0.1) is 11.8 Å². The maximum atomic E-state index is 4.98. The fourth-order valence-corrected chi connectivity index (χ4v) is 4.67. The van der Waals surface area contributed by atoms with Crippen LogP contribution in [0.25, 0.3) is 0 Å². The lowest BCUT2D eigenvalue weighted by Crippen LogP contribution is -2.48. The largest absolute Gasteiger partial charge is 0.357 e. The maximum Gasteiger partial charge on any atom is 0.191 e. The lowest BCUT2D eigenvalue weighted by molar-refractivity contribution is 0.162. The zero-order valence-corrected chi connectivity index (χ0v) is 22.1. The average molecular weight is 543 g/mol. The van der Waals surface area contributed by atoms with Gasteiger partial charge in [-0.2, -0.15) is 0 Å². The number of nitrogens with one attached hydrogen (secondary N) is 2. The number of piperidine rings is 2. The molecule has 1 atom stereocenters. The predicted molar refractivity (Wildman–Crippen MR) is 141 cm³/mol. The number of pyridine rings is 1. The Morgan fingerprint density at radius 2 is 1.97 bits per heavy atom. The van der Waals surface area contributed by atoms with Crippen molar-refractivity contribution in [2.75, 3.05) is 45.8 Å². The number of guanidine groups is 1. The zero-order valence-electron chi connectivity index (χ0n) is 19.7. The first kappa shape index (κ1) is 26.3. The van der Waals surface area contributed by atoms with Crippen LogP contribution in [0.5, 0.6) is 0 Å². The quantitative estimate of drug-likeness (QED) is 0.299. The van der Waals surface area contributed by atoms with Gasteiger partial charge in [0.2, 0.25) is 0 Å². The van der Waals surface area contributed by atoms with E-state index in [-0.39, 0.29) is 24.0 Å². The number of aromatic nitrogens is 1. The predicted octanol–water partition coefficient (Wildman–Crippen LogP) is 3.59. The first-order chi connectivity index (χ1) is 14.6. The summed E-state index contributed by atoms with van der Waals surface area (Å²) in [6, 6.07) is 6.68. The molecule has 0 saturated carbocycles. The van der Waals surface area contributed by atoms with E-state index in [1.54, 1.807) is 0 Å². The smallest absolute Gasteiger partial charge is 0.191 e. The van der Waals surface area contributed by atoms with Gasteiger partial charge in [0.25, 0.3) is 0 Å². The summed E-state index contributed by atoms with van der Waals surface area (Å²) in [5.74, 6) is 2.43. The molecule has 2 fully saturated rings. The summed E-state index contributed by atoms with van der Waals surface area (Å²) >= 11 is 0. The van der Waals surface area contributed by atoms with Gasteiger partial charge in [-0.15, -0.1) is 24.0 Å². The Morgan fingerprint density at radius 1 is 1.16 bits per heavy atom. The van der Waals surface area contributed by atoms with Gasteiger partial charge in [0, 0.05) is 58.1 Å². The number of halogens is 1. The molecule has 0 aromatic carbocycles. The average Bonchev–Trinajstić information content (AvgIpc) is 2.74. The van der Waals surface area contributed by atoms with Crippen molar-refractivity contribution in [2.24, 2.45) is 16.8 Å². The van der Waals surface area contributed by atoms with Crippen molar-refractivity contribution in [3.05, 3.63) is 30.1 Å². The Labute approximate surface area is 206 Å². The van der Waals surface area contributed by atoms with E-state index >= 15 is 0 Å². The van der Waals surface area contributed by atoms with E-state index in [9.17, 15) is 0 Å². The van der Waals surface area contributed by atoms with Gasteiger partial charge in [-0.3, -0.25) is 14.9 Å². The molecule has 31 heavy (non-hydrogen) atoms. The van der Waals surface area contributed by atoms with Crippen molar-refractivity contribution >= 4 is 29.9 Å². The van der Waals surface area contributed by atoms with Crippen molar-refractivity contribution in [1.29, 1.82) is 0 Å². The van der Waals surface area contributed by atoms with Gasteiger partial charge < -0.3 is 15.5 Å². The molecule has 176 valence electrons. The molecule has 0 radical (unpaired) electrons. The number of hydrogen-bond acceptors (Lipinski definition) is 4. The van der Waals surface area contributed by atoms with Crippen LogP contribution in [0.3, 0.4) is 0 Å². The topological polar surface area (TPSA) is 55.8 Å². The summed E-state index contributed by atoms with van der Waals surface area (Å²) in [4.78, 5) is 14.6. The molecule has 7 heteroatoms. The van der Waals surface area contributed by atoms with Gasteiger partial charge >= 0.3 is 0 Å². The molecule has 0 spiro atoms. The summed E-state index contributed by atoms with van der Waals surface area (Å²) in [6.07, 6.45) is 6.82. The van der Waals surface area contributed by atoms with Crippen molar-refractivity contribution in [1.82, 2.24) is 25.4 Å². The van der Waals surface area contributed by atoms with Crippen LogP contribution in [0.15, 0.2) is 29.4 Å². The number of nitrogens with zero attached hydrogens (tertiary/aromatic N) is 4. The minimum absolute atomic E-state index is 0. The van der Waals surface area contributed by atoms with Gasteiger partial charge in [0.15, 0.2) is 5.96 Å². The van der Waals surface area contributed by atoms with Crippen LogP contribution in [0.4, 0.5) is 0 Å². The second kappa shape index (κ2) is 14.3. The van der Waals surface area contributed by atoms with E-state index in [1.165, 1.54) is 32.5 Å². The molecule has 1 unspecified atom stereocenters. The van der Waals surface area contributed by atoms with Crippen LogP contribution >= 0.6 is 24.0 Å². The molecule has 0 aliphatic carbocycles. The minimum Gasteiger partial charge on any atom is -0.357 e. The van der Waals surface area contributed by atoms with Crippen molar-refractivity contribution in [2.45, 2.75) is 59.0 Å². The van der Waals surface area contributed by atoms with E-state index < -0.39 is 0 Å². The SMILES string of the molecule is CCNC(=NCC1CCCN(CC(C)C)C1)NC1CCN(Cc2ccccn2)CC1.I. The number of rotatable bonds is 8. The van der Waals surface area contributed by atoms with Crippen LogP contribution in [-0.2, 0) is 6.54 Å². The highest BCUT2D eigenvalue weighted by Gasteiger charge is 2.22. The molecule has 2 N–H and O–H groups in total. The molecule has 0 bridgehead atoms. The fourth-order valence-electron chi connectivity index (χ4n) is 4.67. The van der Waals surface area contributed by atoms with Crippen molar-refractivity contribution in [3.8, 4) is 0 Å². The molecule has 6 nitrogen and oxygen atoms in total. The molecular formula is C24H43IN6. The highest BCUT2D eigenvalue weighted by Crippen LogP contribution is 2.18. The lowest BCUT2D eigenvalue weighted by Gasteiger charge is -2.34. The van der Waals surface area contributed by atoms with Crippen LogP contribution < -0.4 is 10.6 Å². The maximum absolute atomic E-state index is 4.98. The third kappa shape index (κ3) is 9.61. The first-order valence-electron chi connectivity index (χ1n) is 12.0. The Morgan fingerprint density at radius 3 is 2.65 bits per heavy atom. The summed E-state index contributed by atoms with van der Waals surface area (Å²) < 4.78 is 0. The number of aliphatic imine (C=N–C) groups is 1. The molecule has 2 aliphatic heterocycles. The monoisotopic (exact) mass is 542 g/mol. The summed E-state index contributed by atoms with van der Waals surface area (Å²) in [5.41, 5.74) is 1.16. The van der Waals surface area contributed by atoms with Gasteiger partial charge in [0.1, 0.15) is 0 Å². The van der Waals surface area contributed by atoms with Gasteiger partial charge in [-0.25, -0.2) is 0 Å². The highest BCUT2D eigenvalue weighted by atomic mass is 127. The first-order valence-corrected chi connectivity index (χ1v) is 12.0. The van der Waals surface area contributed by atoms with Crippen molar-refractivity contribution in [3.63, 3.8) is 0 Å². The van der Waals surface area contributed by atoms with E-state index in [1.807, 2.05) is 12.3 Å². The van der Waals surface area contributed by atoms with Crippen LogP contribution in [0.2, 0.25) is 0 Å². The number of likely N-dealkylation sites (tertiary alicyclic amines) is 2. The van der Waals surface area contributed by atoms with Gasteiger partial charge in [0.05, 0.1) is 5.69 Å². The zero-order chi connectivity index (χ0) is 21.2. The minimum atomic E-state index is 0. The third-order valence-electron chi connectivity index (χ3n) is 6.12. The summed E-state index contributed by atoms with van der Waals surface area (Å²) in [6.45, 7) is 15.5. The normalized spacial score (nSPS) is 21.7. The van der Waals surface area contributed by atoms with Crippen LogP contribution in [0.1, 0.15) is 52.1 Å². The standard InChI is InChI=1S/C24H42N6.HI/c1-4-25-24(27-16-21-8-7-13-30(18-21)17-20(2)3)28-22-10-14-29(15-11-22)19-23-9-5-6-12-26-23;/h5-6,9,12,20-22H,4,7-8,10-11,13-19H2,1-3H3,(H2,25,27,28);1H. The molecule has 2 aliphatic rings. The molecule has 1 aromatic rings. The summed E-state index contributed by atoms with van der Waals surface area (Å²) in [5, 5.41) is 7.17. The molecule has 3 heterocycles. The Kier molecular flexibility index (Phi) is 12.1.